The second-order valence-corrected chi connectivity index (χ2v) is 3.55. The SMILES string of the molecule is CCOC(=O)C=Cc1nc2ccc(C#N)cc2[nH]1. The van der Waals surface area contributed by atoms with E-state index in [4.69, 9.17) is 10.00 Å². The molecule has 0 bridgehead atoms. The molecule has 0 saturated heterocycles. The number of H-pyrrole nitrogens is 1. The number of carbonyl (C=O) groups is 1. The Morgan fingerprint density at radius 2 is 2.44 bits per heavy atom. The maximum atomic E-state index is 11.1. The molecule has 0 unspecified atom stereocenters. The first-order valence-electron chi connectivity index (χ1n) is 5.47. The second kappa shape index (κ2) is 5.15. The number of nitrogens with one attached hydrogen (secondary N) is 1. The summed E-state index contributed by atoms with van der Waals surface area (Å²) in [4.78, 5) is 18.4. The van der Waals surface area contributed by atoms with Crippen LogP contribution in [-0.4, -0.2) is 22.5 Å². The number of ether oxygens (including phenoxy) is 1. The highest BCUT2D eigenvalue weighted by atomic mass is 16.5. The molecule has 0 radical (unpaired) electrons. The fourth-order valence-electron chi connectivity index (χ4n) is 1.52. The van der Waals surface area contributed by atoms with Crippen LogP contribution in [0.4, 0.5) is 0 Å². The Kier molecular flexibility index (Phi) is 3.39. The van der Waals surface area contributed by atoms with Gasteiger partial charge in [-0.1, -0.05) is 0 Å². The van der Waals surface area contributed by atoms with Crippen LogP contribution in [-0.2, 0) is 9.53 Å². The number of carbonyl (C=O) groups excluding carboxylic acids is 1. The summed E-state index contributed by atoms with van der Waals surface area (Å²) in [5, 5.41) is 8.78. The molecule has 1 heterocycles. The van der Waals surface area contributed by atoms with Gasteiger partial charge in [-0.25, -0.2) is 9.78 Å². The zero-order valence-corrected chi connectivity index (χ0v) is 9.80. The summed E-state index contributed by atoms with van der Waals surface area (Å²) in [6.45, 7) is 2.09. The predicted molar refractivity (Wildman–Crippen MR) is 66.5 cm³/mol. The van der Waals surface area contributed by atoms with Gasteiger partial charge in [-0.15, -0.1) is 0 Å². The molecule has 5 heteroatoms. The standard InChI is InChI=1S/C13H11N3O2/c1-2-18-13(17)6-5-12-15-10-4-3-9(8-14)7-11(10)16-12/h3-7H,2H2,1H3,(H,15,16). The van der Waals surface area contributed by atoms with Crippen molar-refractivity contribution < 1.29 is 9.53 Å². The lowest BCUT2D eigenvalue weighted by Crippen LogP contribution is -1.98. The van der Waals surface area contributed by atoms with E-state index < -0.39 is 5.97 Å². The Labute approximate surface area is 104 Å². The van der Waals surface area contributed by atoms with Crippen molar-refractivity contribution in [1.82, 2.24) is 9.97 Å². The Balaban J connectivity index is 2.25. The number of hydrogen-bond acceptors (Lipinski definition) is 4. The number of rotatable bonds is 3. The molecule has 1 aromatic heterocycles. The molecule has 0 spiro atoms. The van der Waals surface area contributed by atoms with E-state index in [0.717, 1.165) is 11.0 Å². The number of esters is 1. The molecular formula is C13H11N3O2. The molecule has 90 valence electrons. The van der Waals surface area contributed by atoms with Crippen LogP contribution in [0.15, 0.2) is 24.3 Å². The number of aromatic nitrogens is 2. The molecule has 1 aromatic carbocycles. The molecule has 0 atom stereocenters. The van der Waals surface area contributed by atoms with Crippen molar-refractivity contribution in [3.05, 3.63) is 35.7 Å². The Hall–Kier alpha value is -2.61. The maximum Gasteiger partial charge on any atom is 0.330 e. The van der Waals surface area contributed by atoms with Gasteiger partial charge in [0, 0.05) is 6.08 Å². The number of benzene rings is 1. The van der Waals surface area contributed by atoms with E-state index in [1.165, 1.54) is 6.08 Å². The van der Waals surface area contributed by atoms with Gasteiger partial charge in [0.25, 0.3) is 0 Å². The molecule has 0 aliphatic rings. The number of nitrogens with zero attached hydrogens (tertiary/aromatic N) is 2. The third-order valence-corrected chi connectivity index (χ3v) is 2.29. The summed E-state index contributed by atoms with van der Waals surface area (Å²) in [6.07, 6.45) is 2.86. The van der Waals surface area contributed by atoms with E-state index in [0.29, 0.717) is 18.0 Å². The zero-order chi connectivity index (χ0) is 13.0. The minimum Gasteiger partial charge on any atom is -0.463 e. The first-order valence-corrected chi connectivity index (χ1v) is 5.47. The van der Waals surface area contributed by atoms with Crippen LogP contribution in [0.3, 0.4) is 0 Å². The van der Waals surface area contributed by atoms with E-state index in [1.54, 1.807) is 31.2 Å². The first-order chi connectivity index (χ1) is 8.72. The molecule has 0 aliphatic carbocycles. The number of fused-ring (bicyclic) bond motifs is 1. The van der Waals surface area contributed by atoms with Crippen molar-refractivity contribution in [1.29, 1.82) is 5.26 Å². The summed E-state index contributed by atoms with van der Waals surface area (Å²) in [7, 11) is 0. The van der Waals surface area contributed by atoms with Crippen LogP contribution in [0.1, 0.15) is 18.3 Å². The zero-order valence-electron chi connectivity index (χ0n) is 9.80. The van der Waals surface area contributed by atoms with E-state index in [1.807, 2.05) is 0 Å². The topological polar surface area (TPSA) is 78.8 Å². The Morgan fingerprint density at radius 1 is 1.61 bits per heavy atom. The molecule has 2 aromatic rings. The summed E-state index contributed by atoms with van der Waals surface area (Å²) in [5.74, 6) is 0.142. The molecule has 18 heavy (non-hydrogen) atoms. The summed E-state index contributed by atoms with van der Waals surface area (Å²) in [6, 6.07) is 7.22. The van der Waals surface area contributed by atoms with Crippen LogP contribution in [0, 0.1) is 11.3 Å². The predicted octanol–water partition coefficient (Wildman–Crippen LogP) is 2.01. The van der Waals surface area contributed by atoms with Crippen LogP contribution >= 0.6 is 0 Å². The molecule has 0 saturated carbocycles. The summed E-state index contributed by atoms with van der Waals surface area (Å²) < 4.78 is 4.76. The smallest absolute Gasteiger partial charge is 0.330 e. The summed E-state index contributed by atoms with van der Waals surface area (Å²) in [5.41, 5.74) is 2.07. The highest BCUT2D eigenvalue weighted by molar-refractivity contribution is 5.87. The lowest BCUT2D eigenvalue weighted by Gasteiger charge is -1.92. The minimum absolute atomic E-state index is 0.342. The van der Waals surface area contributed by atoms with Crippen molar-refractivity contribution in [2.75, 3.05) is 6.61 Å². The molecule has 0 amide bonds. The van der Waals surface area contributed by atoms with Crippen LogP contribution in [0.5, 0.6) is 0 Å². The van der Waals surface area contributed by atoms with Gasteiger partial charge >= 0.3 is 5.97 Å². The van der Waals surface area contributed by atoms with Crippen molar-refractivity contribution in [2.45, 2.75) is 6.92 Å². The van der Waals surface area contributed by atoms with Gasteiger partial charge < -0.3 is 9.72 Å². The second-order valence-electron chi connectivity index (χ2n) is 3.55. The number of imidazole rings is 1. The van der Waals surface area contributed by atoms with Crippen LogP contribution in [0.2, 0.25) is 0 Å². The number of nitriles is 1. The highest BCUT2D eigenvalue weighted by Gasteiger charge is 2.02. The van der Waals surface area contributed by atoms with Crippen molar-refractivity contribution >= 4 is 23.1 Å². The van der Waals surface area contributed by atoms with Gasteiger partial charge in [-0.3, -0.25) is 0 Å². The van der Waals surface area contributed by atoms with E-state index in [-0.39, 0.29) is 0 Å². The fourth-order valence-corrected chi connectivity index (χ4v) is 1.52. The molecule has 5 nitrogen and oxygen atoms in total. The van der Waals surface area contributed by atoms with Crippen molar-refractivity contribution in [2.24, 2.45) is 0 Å². The third kappa shape index (κ3) is 2.55. The van der Waals surface area contributed by atoms with E-state index in [9.17, 15) is 4.79 Å². The minimum atomic E-state index is -0.407. The van der Waals surface area contributed by atoms with Gasteiger partial charge in [0.1, 0.15) is 5.82 Å². The fraction of sp³-hybridized carbons (Fsp3) is 0.154. The maximum absolute atomic E-state index is 11.1. The lowest BCUT2D eigenvalue weighted by atomic mass is 10.2. The quantitative estimate of drug-likeness (QED) is 0.658. The van der Waals surface area contributed by atoms with Gasteiger partial charge in [0.15, 0.2) is 0 Å². The average molecular weight is 241 g/mol. The van der Waals surface area contributed by atoms with Gasteiger partial charge in [-0.2, -0.15) is 5.26 Å². The third-order valence-electron chi connectivity index (χ3n) is 2.29. The van der Waals surface area contributed by atoms with Gasteiger partial charge in [0.2, 0.25) is 0 Å². The normalized spacial score (nSPS) is 10.7. The van der Waals surface area contributed by atoms with Crippen LogP contribution < -0.4 is 0 Å². The van der Waals surface area contributed by atoms with E-state index >= 15 is 0 Å². The lowest BCUT2D eigenvalue weighted by molar-refractivity contribution is -0.137. The van der Waals surface area contributed by atoms with Gasteiger partial charge in [0.05, 0.1) is 29.3 Å². The van der Waals surface area contributed by atoms with Gasteiger partial charge in [-0.05, 0) is 31.2 Å². The number of aromatic amines is 1. The molecular weight excluding hydrogens is 230 g/mol. The first kappa shape index (κ1) is 11.9. The highest BCUT2D eigenvalue weighted by Crippen LogP contribution is 2.13. The molecule has 1 N–H and O–H groups in total. The Bertz CT molecular complexity index is 650. The van der Waals surface area contributed by atoms with Crippen molar-refractivity contribution in [3.8, 4) is 6.07 Å². The molecule has 0 aliphatic heterocycles. The Morgan fingerprint density at radius 3 is 3.17 bits per heavy atom. The average Bonchev–Trinajstić information content (AvgIpc) is 2.78. The molecule has 2 rings (SSSR count). The van der Waals surface area contributed by atoms with Crippen molar-refractivity contribution in [3.63, 3.8) is 0 Å². The molecule has 0 fully saturated rings. The largest absolute Gasteiger partial charge is 0.463 e. The summed E-state index contributed by atoms with van der Waals surface area (Å²) >= 11 is 0. The van der Waals surface area contributed by atoms with Crippen LogP contribution in [0.25, 0.3) is 17.1 Å². The number of hydrogen-bond donors (Lipinski definition) is 1. The van der Waals surface area contributed by atoms with E-state index in [2.05, 4.69) is 16.0 Å². The monoisotopic (exact) mass is 241 g/mol.